The van der Waals surface area contributed by atoms with Gasteiger partial charge in [-0.05, 0) is 34.6 Å². The topological polar surface area (TPSA) is 0 Å². The van der Waals surface area contributed by atoms with Crippen LogP contribution in [0.5, 0.6) is 0 Å². The summed E-state index contributed by atoms with van der Waals surface area (Å²) in [6.07, 6.45) is 1.17. The minimum Gasteiger partial charge on any atom is -0.0648 e. The molecule has 3 rings (SSSR count). The molecular weight excluding hydrogens is 276 g/mol. The Kier molecular flexibility index (Phi) is 4.92. The molecule has 23 heavy (non-hydrogen) atoms. The normalized spacial score (nSPS) is 12.3. The van der Waals surface area contributed by atoms with E-state index in [-0.39, 0.29) is 0 Å². The molecule has 1 radical (unpaired) electrons. The molecule has 0 bridgehead atoms. The standard InChI is InChI=1S/C23H23/c1-3-18(2)19-14-16-22(17-15-19)23(20-10-6-4-7-11-20)21-12-8-5-9-13-21/h4-18H,3H2,1-2H3. The summed E-state index contributed by atoms with van der Waals surface area (Å²) in [7, 11) is 0. The van der Waals surface area contributed by atoms with Crippen molar-refractivity contribution in [2.75, 3.05) is 0 Å². The van der Waals surface area contributed by atoms with E-state index < -0.39 is 0 Å². The molecule has 0 aliphatic carbocycles. The van der Waals surface area contributed by atoms with E-state index in [1.807, 2.05) is 0 Å². The Morgan fingerprint density at radius 2 is 1.09 bits per heavy atom. The van der Waals surface area contributed by atoms with Gasteiger partial charge in [0.1, 0.15) is 0 Å². The highest BCUT2D eigenvalue weighted by atomic mass is 14.2. The van der Waals surface area contributed by atoms with Gasteiger partial charge in [0.25, 0.3) is 0 Å². The van der Waals surface area contributed by atoms with E-state index in [2.05, 4.69) is 98.8 Å². The van der Waals surface area contributed by atoms with Crippen LogP contribution in [-0.4, -0.2) is 0 Å². The van der Waals surface area contributed by atoms with Crippen LogP contribution in [0.15, 0.2) is 84.9 Å². The second-order valence-electron chi connectivity index (χ2n) is 6.04. The smallest absolute Gasteiger partial charge is 0.0629 e. The van der Waals surface area contributed by atoms with Crippen molar-refractivity contribution in [2.24, 2.45) is 0 Å². The Balaban J connectivity index is 2.02. The van der Waals surface area contributed by atoms with Gasteiger partial charge in [-0.25, -0.2) is 0 Å². The van der Waals surface area contributed by atoms with Crippen LogP contribution in [0.25, 0.3) is 0 Å². The van der Waals surface area contributed by atoms with E-state index in [0.29, 0.717) is 5.92 Å². The number of benzene rings is 3. The highest BCUT2D eigenvalue weighted by molar-refractivity contribution is 5.57. The highest BCUT2D eigenvalue weighted by Gasteiger charge is 2.17. The largest absolute Gasteiger partial charge is 0.0648 e. The summed E-state index contributed by atoms with van der Waals surface area (Å²) in [6, 6.07) is 30.4. The summed E-state index contributed by atoms with van der Waals surface area (Å²) in [5.74, 6) is 1.91. The summed E-state index contributed by atoms with van der Waals surface area (Å²) < 4.78 is 0. The van der Waals surface area contributed by atoms with E-state index in [1.54, 1.807) is 0 Å². The van der Waals surface area contributed by atoms with E-state index in [9.17, 15) is 0 Å². The van der Waals surface area contributed by atoms with Crippen LogP contribution in [0.1, 0.15) is 48.4 Å². The molecule has 1 atom stereocenters. The molecule has 0 amide bonds. The van der Waals surface area contributed by atoms with Crippen LogP contribution in [0, 0.1) is 5.92 Å². The third-order valence-corrected chi connectivity index (χ3v) is 4.51. The van der Waals surface area contributed by atoms with Gasteiger partial charge in [0.05, 0.1) is 5.92 Å². The molecule has 1 unspecified atom stereocenters. The molecule has 0 aromatic heterocycles. The predicted octanol–water partition coefficient (Wildman–Crippen LogP) is 6.22. The zero-order valence-electron chi connectivity index (χ0n) is 13.9. The maximum absolute atomic E-state index is 2.29. The first-order valence-electron chi connectivity index (χ1n) is 8.37. The molecule has 115 valence electrons. The predicted molar refractivity (Wildman–Crippen MR) is 98.6 cm³/mol. The molecule has 3 aromatic rings. The maximum atomic E-state index is 2.29. The molecule has 0 fully saturated rings. The van der Waals surface area contributed by atoms with Gasteiger partial charge < -0.3 is 0 Å². The Bertz CT molecular complexity index is 672. The van der Waals surface area contributed by atoms with Crippen molar-refractivity contribution >= 4 is 0 Å². The highest BCUT2D eigenvalue weighted by Crippen LogP contribution is 2.31. The van der Waals surface area contributed by atoms with Gasteiger partial charge in [-0.2, -0.15) is 0 Å². The third-order valence-electron chi connectivity index (χ3n) is 4.51. The van der Waals surface area contributed by atoms with Crippen LogP contribution < -0.4 is 0 Å². The lowest BCUT2D eigenvalue weighted by molar-refractivity contribution is 0.733. The van der Waals surface area contributed by atoms with Gasteiger partial charge in [-0.1, -0.05) is 98.8 Å². The second-order valence-corrected chi connectivity index (χ2v) is 6.04. The van der Waals surface area contributed by atoms with E-state index >= 15 is 0 Å². The zero-order valence-corrected chi connectivity index (χ0v) is 13.9. The molecule has 0 spiro atoms. The lowest BCUT2D eigenvalue weighted by Crippen LogP contribution is -2.04. The van der Waals surface area contributed by atoms with E-state index in [1.165, 1.54) is 34.6 Å². The summed E-state index contributed by atoms with van der Waals surface area (Å²) >= 11 is 0. The Morgan fingerprint density at radius 3 is 1.52 bits per heavy atom. The number of hydrogen-bond donors (Lipinski definition) is 0. The molecule has 0 nitrogen and oxygen atoms in total. The molecule has 0 heteroatoms. The summed E-state index contributed by atoms with van der Waals surface area (Å²) in [6.45, 7) is 4.53. The molecule has 0 aliphatic heterocycles. The average Bonchev–Trinajstić information content (AvgIpc) is 2.64. The first-order valence-corrected chi connectivity index (χ1v) is 8.37. The van der Waals surface area contributed by atoms with Crippen LogP contribution in [0.4, 0.5) is 0 Å². The van der Waals surface area contributed by atoms with Crippen molar-refractivity contribution in [3.63, 3.8) is 0 Å². The first-order chi connectivity index (χ1) is 11.3. The maximum Gasteiger partial charge on any atom is 0.0629 e. The molecular formula is C23H23. The minimum atomic E-state index is 0.612. The van der Waals surface area contributed by atoms with Gasteiger partial charge in [-0.15, -0.1) is 0 Å². The van der Waals surface area contributed by atoms with Crippen molar-refractivity contribution in [3.05, 3.63) is 113 Å². The number of hydrogen-bond acceptors (Lipinski definition) is 0. The summed E-state index contributed by atoms with van der Waals surface area (Å²) in [5, 5.41) is 0. The van der Waals surface area contributed by atoms with Crippen LogP contribution in [-0.2, 0) is 0 Å². The molecule has 0 saturated heterocycles. The SMILES string of the molecule is CCC(C)c1ccc([C](c2ccccc2)c2ccccc2)cc1. The Labute approximate surface area is 139 Å². The lowest BCUT2D eigenvalue weighted by Gasteiger charge is -2.19. The van der Waals surface area contributed by atoms with Gasteiger partial charge in [0.2, 0.25) is 0 Å². The minimum absolute atomic E-state index is 0.612. The summed E-state index contributed by atoms with van der Waals surface area (Å²) in [5.41, 5.74) is 5.20. The van der Waals surface area contributed by atoms with Crippen molar-refractivity contribution in [1.82, 2.24) is 0 Å². The van der Waals surface area contributed by atoms with E-state index in [4.69, 9.17) is 0 Å². The zero-order chi connectivity index (χ0) is 16.1. The van der Waals surface area contributed by atoms with Gasteiger partial charge in [0, 0.05) is 0 Å². The van der Waals surface area contributed by atoms with Crippen molar-refractivity contribution in [2.45, 2.75) is 26.2 Å². The fourth-order valence-electron chi connectivity index (χ4n) is 2.92. The van der Waals surface area contributed by atoms with Crippen molar-refractivity contribution < 1.29 is 0 Å². The second kappa shape index (κ2) is 7.28. The quantitative estimate of drug-likeness (QED) is 0.491. The Morgan fingerprint density at radius 1 is 0.652 bits per heavy atom. The van der Waals surface area contributed by atoms with Gasteiger partial charge in [-0.3, -0.25) is 0 Å². The van der Waals surface area contributed by atoms with Crippen LogP contribution >= 0.6 is 0 Å². The Hall–Kier alpha value is -2.34. The third kappa shape index (κ3) is 3.53. The van der Waals surface area contributed by atoms with E-state index in [0.717, 1.165) is 0 Å². The molecule has 0 aliphatic rings. The first kappa shape index (κ1) is 15.6. The molecule has 0 N–H and O–H groups in total. The molecule has 3 aromatic carbocycles. The average molecular weight is 299 g/mol. The fourth-order valence-corrected chi connectivity index (χ4v) is 2.92. The summed E-state index contributed by atoms with van der Waals surface area (Å²) in [4.78, 5) is 0. The fraction of sp³-hybridized carbons (Fsp3) is 0.174. The van der Waals surface area contributed by atoms with Crippen LogP contribution in [0.2, 0.25) is 0 Å². The number of rotatable bonds is 5. The lowest BCUT2D eigenvalue weighted by atomic mass is 9.84. The monoisotopic (exact) mass is 299 g/mol. The van der Waals surface area contributed by atoms with Gasteiger partial charge in [0.15, 0.2) is 0 Å². The molecule has 0 saturated carbocycles. The van der Waals surface area contributed by atoms with Crippen molar-refractivity contribution in [3.8, 4) is 0 Å². The van der Waals surface area contributed by atoms with Crippen LogP contribution in [0.3, 0.4) is 0 Å². The van der Waals surface area contributed by atoms with Crippen molar-refractivity contribution in [1.29, 1.82) is 0 Å². The molecule has 0 heterocycles. The van der Waals surface area contributed by atoms with Gasteiger partial charge >= 0.3 is 0 Å².